The molecule has 2 heterocycles. The van der Waals surface area contributed by atoms with Crippen molar-refractivity contribution in [3.63, 3.8) is 0 Å². The van der Waals surface area contributed by atoms with Gasteiger partial charge in [0.25, 0.3) is 0 Å². The number of rotatable bonds is 9. The second-order valence-electron chi connectivity index (χ2n) is 8.81. The fourth-order valence-corrected chi connectivity index (χ4v) is 4.11. The van der Waals surface area contributed by atoms with E-state index in [1.54, 1.807) is 19.1 Å². The van der Waals surface area contributed by atoms with Gasteiger partial charge in [-0.3, -0.25) is 14.6 Å². The third-order valence-corrected chi connectivity index (χ3v) is 6.10. The van der Waals surface area contributed by atoms with Gasteiger partial charge in [-0.15, -0.1) is 0 Å². The molecule has 0 N–H and O–H groups in total. The summed E-state index contributed by atoms with van der Waals surface area (Å²) in [6.45, 7) is 1.98. The molecule has 0 radical (unpaired) electrons. The number of aryl methyl sites for hydroxylation is 3. The summed E-state index contributed by atoms with van der Waals surface area (Å²) in [5.74, 6) is -10.4. The number of carbonyl (C=O) groups is 2. The molecule has 208 valence electrons. The van der Waals surface area contributed by atoms with Crippen LogP contribution in [0.2, 0.25) is 0 Å². The van der Waals surface area contributed by atoms with E-state index in [1.165, 1.54) is 23.1 Å². The van der Waals surface area contributed by atoms with E-state index in [0.29, 0.717) is 11.3 Å². The monoisotopic (exact) mass is 560 g/mol. The quantitative estimate of drug-likeness (QED) is 0.188. The maximum Gasteiger partial charge on any atom is 0.235 e. The topological polar surface area (TPSA) is 68.1 Å². The minimum Gasteiger partial charge on any atom is -0.274 e. The predicted octanol–water partition coefficient (Wildman–Crippen LogP) is 5.92. The molecule has 4 aromatic rings. The molecular formula is C28H22F6N4O2. The first kappa shape index (κ1) is 28.5. The van der Waals surface area contributed by atoms with Gasteiger partial charge >= 0.3 is 0 Å². The molecule has 2 amide bonds. The van der Waals surface area contributed by atoms with Gasteiger partial charge in [0.15, 0.2) is 34.9 Å². The average Bonchev–Trinajstić information content (AvgIpc) is 3.36. The highest BCUT2D eigenvalue weighted by Gasteiger charge is 2.28. The molecule has 0 saturated heterocycles. The summed E-state index contributed by atoms with van der Waals surface area (Å²) in [5, 5.41) is 4.45. The number of hydrogen-bond donors (Lipinski definition) is 0. The molecule has 2 aromatic heterocycles. The fraction of sp³-hybridized carbons (Fsp3) is 0.214. The predicted molar refractivity (Wildman–Crippen MR) is 133 cm³/mol. The van der Waals surface area contributed by atoms with E-state index < -0.39 is 59.6 Å². The lowest BCUT2D eigenvalue weighted by molar-refractivity contribution is -0.126. The van der Waals surface area contributed by atoms with E-state index in [4.69, 9.17) is 0 Å². The Morgan fingerprint density at radius 2 is 1.20 bits per heavy atom. The highest BCUT2D eigenvalue weighted by molar-refractivity contribution is 6.14. The Bertz CT molecular complexity index is 1440. The Morgan fingerprint density at radius 3 is 1.62 bits per heavy atom. The molecule has 40 heavy (non-hydrogen) atoms. The number of nitrogens with zero attached hydrogens (tertiary/aromatic N) is 4. The molecule has 4 rings (SSSR count). The standard InChI is InChI=1S/C28H22F6N4O2/c1-2-37-24(15-23(36-37)18-7-9-35-10-8-18)38(25(39)5-3-16-11-19(29)27(33)20(30)12-16)26(40)6-4-17-13-21(31)28(34)22(32)14-17/h7-15H,2-6H2,1H3. The maximum atomic E-state index is 13.7. The Kier molecular flexibility index (Phi) is 8.66. The molecule has 0 aliphatic heterocycles. The van der Waals surface area contributed by atoms with Crippen LogP contribution in [-0.4, -0.2) is 26.6 Å². The number of imide groups is 1. The van der Waals surface area contributed by atoms with Crippen LogP contribution in [0.1, 0.15) is 30.9 Å². The van der Waals surface area contributed by atoms with Crippen molar-refractivity contribution < 1.29 is 35.9 Å². The highest BCUT2D eigenvalue weighted by Crippen LogP contribution is 2.27. The first-order chi connectivity index (χ1) is 19.1. The van der Waals surface area contributed by atoms with E-state index in [9.17, 15) is 35.9 Å². The van der Waals surface area contributed by atoms with Gasteiger partial charge in [0.1, 0.15) is 5.82 Å². The second kappa shape index (κ2) is 12.1. The normalized spacial score (nSPS) is 11.1. The van der Waals surface area contributed by atoms with Crippen LogP contribution in [0.25, 0.3) is 11.3 Å². The van der Waals surface area contributed by atoms with Gasteiger partial charge in [0.05, 0.1) is 5.69 Å². The van der Waals surface area contributed by atoms with Gasteiger partial charge in [-0.1, -0.05) is 0 Å². The number of hydrogen-bond acceptors (Lipinski definition) is 4. The Hall–Kier alpha value is -4.48. The van der Waals surface area contributed by atoms with Crippen molar-refractivity contribution in [1.82, 2.24) is 14.8 Å². The SMILES string of the molecule is CCn1nc(-c2ccncc2)cc1N(C(=O)CCc1cc(F)c(F)c(F)c1)C(=O)CCc1cc(F)c(F)c(F)c1. The molecule has 0 atom stereocenters. The van der Waals surface area contributed by atoms with Crippen molar-refractivity contribution in [2.24, 2.45) is 0 Å². The van der Waals surface area contributed by atoms with Crippen molar-refractivity contribution in [2.45, 2.75) is 39.2 Å². The highest BCUT2D eigenvalue weighted by atomic mass is 19.2. The van der Waals surface area contributed by atoms with E-state index >= 15 is 0 Å². The molecule has 12 heteroatoms. The molecule has 0 fully saturated rings. The van der Waals surface area contributed by atoms with Gasteiger partial charge in [0, 0.05) is 43.4 Å². The van der Waals surface area contributed by atoms with E-state index in [-0.39, 0.29) is 36.3 Å². The lowest BCUT2D eigenvalue weighted by Crippen LogP contribution is -2.39. The molecule has 0 aliphatic carbocycles. The first-order valence-corrected chi connectivity index (χ1v) is 12.2. The minimum absolute atomic E-state index is 0.00381. The number of aromatic nitrogens is 3. The number of halogens is 6. The zero-order valence-corrected chi connectivity index (χ0v) is 21.1. The first-order valence-electron chi connectivity index (χ1n) is 12.2. The van der Waals surface area contributed by atoms with Crippen LogP contribution in [0.3, 0.4) is 0 Å². The molecule has 2 aromatic carbocycles. The summed E-state index contributed by atoms with van der Waals surface area (Å²) in [6, 6.07) is 7.88. The summed E-state index contributed by atoms with van der Waals surface area (Å²) < 4.78 is 82.7. The van der Waals surface area contributed by atoms with Crippen LogP contribution < -0.4 is 4.90 Å². The number of carbonyl (C=O) groups excluding carboxylic acids is 2. The van der Waals surface area contributed by atoms with E-state index in [2.05, 4.69) is 10.1 Å². The molecule has 0 spiro atoms. The summed E-state index contributed by atoms with van der Waals surface area (Å²) in [5.41, 5.74) is 1.07. The summed E-state index contributed by atoms with van der Waals surface area (Å²) in [7, 11) is 0. The van der Waals surface area contributed by atoms with Crippen molar-refractivity contribution in [2.75, 3.05) is 4.90 Å². The van der Waals surface area contributed by atoms with Crippen LogP contribution in [0.5, 0.6) is 0 Å². The third-order valence-electron chi connectivity index (χ3n) is 6.10. The smallest absolute Gasteiger partial charge is 0.235 e. The van der Waals surface area contributed by atoms with Gasteiger partial charge in [-0.25, -0.2) is 35.9 Å². The number of pyridine rings is 1. The van der Waals surface area contributed by atoms with Crippen molar-refractivity contribution in [1.29, 1.82) is 0 Å². The summed E-state index contributed by atoms with van der Waals surface area (Å²) in [6.07, 6.45) is 1.85. The van der Waals surface area contributed by atoms with Crippen LogP contribution in [0.4, 0.5) is 32.2 Å². The fourth-order valence-electron chi connectivity index (χ4n) is 4.11. The zero-order chi connectivity index (χ0) is 29.0. The van der Waals surface area contributed by atoms with Crippen molar-refractivity contribution in [3.05, 3.63) is 101 Å². The largest absolute Gasteiger partial charge is 0.274 e. The number of amides is 2. The molecule has 0 bridgehead atoms. The van der Waals surface area contributed by atoms with Gasteiger partial charge in [-0.2, -0.15) is 5.10 Å². The molecule has 0 saturated carbocycles. The van der Waals surface area contributed by atoms with Crippen LogP contribution in [0, 0.1) is 34.9 Å². The van der Waals surface area contributed by atoms with Gasteiger partial charge in [-0.05, 0) is 67.3 Å². The second-order valence-corrected chi connectivity index (χ2v) is 8.81. The average molecular weight is 560 g/mol. The Labute approximate surface area is 224 Å². The maximum absolute atomic E-state index is 13.7. The molecule has 0 aliphatic rings. The molecule has 6 nitrogen and oxygen atoms in total. The lowest BCUT2D eigenvalue weighted by Gasteiger charge is -2.21. The third kappa shape index (κ3) is 6.22. The van der Waals surface area contributed by atoms with Crippen molar-refractivity contribution in [3.8, 4) is 11.3 Å². The van der Waals surface area contributed by atoms with E-state index in [1.807, 2.05) is 0 Å². The van der Waals surface area contributed by atoms with Crippen LogP contribution >= 0.6 is 0 Å². The Balaban J connectivity index is 1.64. The number of benzene rings is 2. The Morgan fingerprint density at radius 1 is 0.750 bits per heavy atom. The molecule has 0 unspecified atom stereocenters. The summed E-state index contributed by atoms with van der Waals surface area (Å²) >= 11 is 0. The minimum atomic E-state index is -1.64. The van der Waals surface area contributed by atoms with Gasteiger partial charge < -0.3 is 0 Å². The van der Waals surface area contributed by atoms with Crippen molar-refractivity contribution >= 4 is 17.6 Å². The summed E-state index contributed by atoms with van der Waals surface area (Å²) in [4.78, 5) is 31.6. The van der Waals surface area contributed by atoms with Gasteiger partial charge in [0.2, 0.25) is 11.8 Å². The van der Waals surface area contributed by atoms with Crippen LogP contribution in [-0.2, 0) is 29.0 Å². The lowest BCUT2D eigenvalue weighted by atomic mass is 10.1. The van der Waals surface area contributed by atoms with Crippen LogP contribution in [0.15, 0.2) is 54.9 Å². The van der Waals surface area contributed by atoms with E-state index in [0.717, 1.165) is 29.2 Å². The zero-order valence-electron chi connectivity index (χ0n) is 21.1. The molecular weight excluding hydrogens is 538 g/mol. The number of anilines is 1.